The number of benzene rings is 1. The van der Waals surface area contributed by atoms with Gasteiger partial charge in [0.1, 0.15) is 6.61 Å². The lowest BCUT2D eigenvalue weighted by atomic mass is 10.1. The molecule has 2 saturated heterocycles. The maximum Gasteiger partial charge on any atom is 0.311 e. The van der Waals surface area contributed by atoms with E-state index in [1.165, 1.54) is 0 Å². The number of carbonyl (C=O) groups is 2. The molecular weight excluding hydrogens is 374 g/mol. The summed E-state index contributed by atoms with van der Waals surface area (Å²) in [5.74, 6) is -0.730. The quantitative estimate of drug-likeness (QED) is 0.734. The Balaban J connectivity index is 1.57. The van der Waals surface area contributed by atoms with E-state index in [1.54, 1.807) is 4.90 Å². The number of aryl methyl sites for hydroxylation is 1. The number of rotatable bonds is 4. The van der Waals surface area contributed by atoms with Gasteiger partial charge in [-0.05, 0) is 49.9 Å². The zero-order chi connectivity index (χ0) is 17.1. The Hall–Kier alpha value is -1.40. The van der Waals surface area contributed by atoms with Crippen LogP contribution >= 0.6 is 15.9 Å². The van der Waals surface area contributed by atoms with Crippen LogP contribution in [0, 0.1) is 12.8 Å². The molecule has 0 bridgehead atoms. The molecule has 2 heterocycles. The van der Waals surface area contributed by atoms with Crippen LogP contribution in [0.25, 0.3) is 0 Å². The molecule has 1 amide bonds. The zero-order valence-electron chi connectivity index (χ0n) is 13.8. The van der Waals surface area contributed by atoms with E-state index in [4.69, 9.17) is 9.47 Å². The molecule has 2 aliphatic rings. The molecule has 1 aromatic rings. The molecule has 0 radical (unpaired) electrons. The number of amides is 1. The molecule has 5 nitrogen and oxygen atoms in total. The highest BCUT2D eigenvalue weighted by Gasteiger charge is 2.36. The highest BCUT2D eigenvalue weighted by Crippen LogP contribution is 2.29. The van der Waals surface area contributed by atoms with Gasteiger partial charge in [0.15, 0.2) is 0 Å². The topological polar surface area (TPSA) is 55.8 Å². The summed E-state index contributed by atoms with van der Waals surface area (Å²) in [5.41, 5.74) is 1.88. The first-order valence-corrected chi connectivity index (χ1v) is 9.18. The molecule has 6 heteroatoms. The normalized spacial score (nSPS) is 24.2. The Kier molecular flexibility index (Phi) is 5.56. The lowest BCUT2D eigenvalue weighted by Gasteiger charge is -2.22. The van der Waals surface area contributed by atoms with Crippen molar-refractivity contribution in [2.24, 2.45) is 5.92 Å². The third-order valence-corrected chi connectivity index (χ3v) is 5.49. The monoisotopic (exact) mass is 395 g/mol. The van der Waals surface area contributed by atoms with Crippen LogP contribution in [0.5, 0.6) is 0 Å². The average Bonchev–Trinajstić information content (AvgIpc) is 2.98. The van der Waals surface area contributed by atoms with Gasteiger partial charge in [-0.15, -0.1) is 0 Å². The highest BCUT2D eigenvalue weighted by molar-refractivity contribution is 9.10. The van der Waals surface area contributed by atoms with Crippen molar-refractivity contribution in [3.05, 3.63) is 28.2 Å². The van der Waals surface area contributed by atoms with Crippen LogP contribution in [0.3, 0.4) is 0 Å². The predicted octanol–water partition coefficient (Wildman–Crippen LogP) is 3.22. The predicted molar refractivity (Wildman–Crippen MR) is 93.9 cm³/mol. The maximum absolute atomic E-state index is 12.3. The van der Waals surface area contributed by atoms with Crippen LogP contribution < -0.4 is 4.90 Å². The van der Waals surface area contributed by atoms with Crippen molar-refractivity contribution in [3.8, 4) is 0 Å². The van der Waals surface area contributed by atoms with Gasteiger partial charge >= 0.3 is 5.97 Å². The van der Waals surface area contributed by atoms with Crippen molar-refractivity contribution in [1.29, 1.82) is 0 Å². The fourth-order valence-corrected chi connectivity index (χ4v) is 3.39. The minimum atomic E-state index is -0.398. The molecule has 2 fully saturated rings. The molecule has 0 spiro atoms. The minimum Gasteiger partial charge on any atom is -0.463 e. The van der Waals surface area contributed by atoms with Gasteiger partial charge in [0.2, 0.25) is 5.91 Å². The summed E-state index contributed by atoms with van der Waals surface area (Å²) in [5, 5.41) is 0. The van der Waals surface area contributed by atoms with Gasteiger partial charge in [0, 0.05) is 29.7 Å². The van der Waals surface area contributed by atoms with Crippen molar-refractivity contribution in [1.82, 2.24) is 0 Å². The van der Waals surface area contributed by atoms with Crippen molar-refractivity contribution in [3.63, 3.8) is 0 Å². The first kappa shape index (κ1) is 17.4. The lowest BCUT2D eigenvalue weighted by molar-refractivity contribution is -0.153. The van der Waals surface area contributed by atoms with E-state index in [-0.39, 0.29) is 24.4 Å². The second-order valence-electron chi connectivity index (χ2n) is 6.46. The molecule has 0 aromatic heterocycles. The van der Waals surface area contributed by atoms with Crippen molar-refractivity contribution >= 4 is 33.5 Å². The maximum atomic E-state index is 12.3. The molecular formula is C18H22BrNO4. The molecule has 0 N–H and O–H groups in total. The summed E-state index contributed by atoms with van der Waals surface area (Å²) >= 11 is 3.46. The van der Waals surface area contributed by atoms with Crippen LogP contribution in [0.1, 0.15) is 31.2 Å². The molecule has 130 valence electrons. The van der Waals surface area contributed by atoms with E-state index in [9.17, 15) is 9.59 Å². The van der Waals surface area contributed by atoms with Gasteiger partial charge < -0.3 is 14.4 Å². The van der Waals surface area contributed by atoms with Crippen LogP contribution in [0.4, 0.5) is 5.69 Å². The van der Waals surface area contributed by atoms with Crippen molar-refractivity contribution in [2.45, 2.75) is 38.7 Å². The van der Waals surface area contributed by atoms with E-state index in [2.05, 4.69) is 15.9 Å². The molecule has 1 aromatic carbocycles. The lowest BCUT2D eigenvalue weighted by Crippen LogP contribution is -2.29. The summed E-state index contributed by atoms with van der Waals surface area (Å²) in [7, 11) is 0. The van der Waals surface area contributed by atoms with Crippen LogP contribution in [-0.2, 0) is 19.1 Å². The Morgan fingerprint density at radius 1 is 1.42 bits per heavy atom. The third-order valence-electron chi connectivity index (χ3n) is 4.60. The van der Waals surface area contributed by atoms with E-state index in [1.807, 2.05) is 25.1 Å². The Bertz CT molecular complexity index is 627. The van der Waals surface area contributed by atoms with Gasteiger partial charge in [0.05, 0.1) is 12.0 Å². The first-order chi connectivity index (χ1) is 11.5. The fourth-order valence-electron chi connectivity index (χ4n) is 3.14. The zero-order valence-corrected chi connectivity index (χ0v) is 15.4. The second kappa shape index (κ2) is 7.66. The molecule has 0 saturated carbocycles. The number of esters is 1. The van der Waals surface area contributed by atoms with Crippen LogP contribution in [0.15, 0.2) is 22.7 Å². The average molecular weight is 396 g/mol. The second-order valence-corrected chi connectivity index (χ2v) is 7.31. The number of anilines is 1. The molecule has 2 unspecified atom stereocenters. The van der Waals surface area contributed by atoms with Crippen molar-refractivity contribution < 1.29 is 19.1 Å². The van der Waals surface area contributed by atoms with Gasteiger partial charge in [-0.3, -0.25) is 9.59 Å². The largest absolute Gasteiger partial charge is 0.463 e. The molecule has 24 heavy (non-hydrogen) atoms. The smallest absolute Gasteiger partial charge is 0.311 e. The van der Waals surface area contributed by atoms with E-state index < -0.39 is 5.92 Å². The molecule has 2 aliphatic heterocycles. The summed E-state index contributed by atoms with van der Waals surface area (Å²) in [6, 6.07) is 5.76. The Morgan fingerprint density at radius 3 is 2.96 bits per heavy atom. The van der Waals surface area contributed by atoms with E-state index in [0.717, 1.165) is 41.6 Å². The molecule has 2 atom stereocenters. The van der Waals surface area contributed by atoms with Gasteiger partial charge in [-0.25, -0.2) is 0 Å². The SMILES string of the molecule is Cc1cc(N2CC(C(=O)OCC3CCCCO3)CC2=O)ccc1Br. The fraction of sp³-hybridized carbons (Fsp3) is 0.556. The number of hydrogen-bond donors (Lipinski definition) is 0. The standard InChI is InChI=1S/C18H22BrNO4/c1-12-8-14(5-6-16(12)19)20-10-13(9-17(20)21)18(22)24-11-15-4-2-3-7-23-15/h5-6,8,13,15H,2-4,7,9-11H2,1H3. The van der Waals surface area contributed by atoms with E-state index in [0.29, 0.717) is 13.2 Å². The third kappa shape index (κ3) is 3.98. The highest BCUT2D eigenvalue weighted by atomic mass is 79.9. The number of hydrogen-bond acceptors (Lipinski definition) is 4. The van der Waals surface area contributed by atoms with Gasteiger partial charge in [-0.2, -0.15) is 0 Å². The molecule has 3 rings (SSSR count). The van der Waals surface area contributed by atoms with Gasteiger partial charge in [-0.1, -0.05) is 15.9 Å². The minimum absolute atomic E-state index is 0.00466. The van der Waals surface area contributed by atoms with Gasteiger partial charge in [0.25, 0.3) is 0 Å². The summed E-state index contributed by atoms with van der Waals surface area (Å²) < 4.78 is 12.0. The number of nitrogens with zero attached hydrogens (tertiary/aromatic N) is 1. The molecule has 0 aliphatic carbocycles. The Labute approximate surface area is 150 Å². The number of carbonyl (C=O) groups excluding carboxylic acids is 2. The summed E-state index contributed by atoms with van der Waals surface area (Å²) in [4.78, 5) is 26.2. The van der Waals surface area contributed by atoms with E-state index >= 15 is 0 Å². The van der Waals surface area contributed by atoms with Crippen LogP contribution in [0.2, 0.25) is 0 Å². The first-order valence-electron chi connectivity index (χ1n) is 8.39. The van der Waals surface area contributed by atoms with Crippen LogP contribution in [-0.4, -0.2) is 37.7 Å². The Morgan fingerprint density at radius 2 is 2.25 bits per heavy atom. The number of halogens is 1. The number of ether oxygens (including phenoxy) is 2. The summed E-state index contributed by atoms with van der Waals surface area (Å²) in [6.07, 6.45) is 3.33. The van der Waals surface area contributed by atoms with Crippen molar-refractivity contribution in [2.75, 3.05) is 24.7 Å². The summed E-state index contributed by atoms with van der Waals surface area (Å²) in [6.45, 7) is 3.38.